The second-order valence-corrected chi connectivity index (χ2v) is 6.68. The molecule has 6 N–H and O–H groups in total. The molecule has 2 heterocycles. The molecule has 0 saturated heterocycles. The molecule has 183 valence electrons. The van der Waals surface area contributed by atoms with Crippen molar-refractivity contribution < 1.29 is 36.9 Å². The maximum absolute atomic E-state index is 11.6. The van der Waals surface area contributed by atoms with Gasteiger partial charge < -0.3 is 20.2 Å². The monoisotopic (exact) mass is 521 g/mol. The number of aromatic nitrogens is 2. The van der Waals surface area contributed by atoms with Crippen LogP contribution < -0.4 is 10.9 Å². The molecule has 0 bridgehead atoms. The fourth-order valence-electron chi connectivity index (χ4n) is 2.62. The Hall–Kier alpha value is -4.60. The summed E-state index contributed by atoms with van der Waals surface area (Å²) >= 11 is 0. The zero-order valence-electron chi connectivity index (χ0n) is 18.1. The van der Waals surface area contributed by atoms with Gasteiger partial charge in [-0.3, -0.25) is 9.59 Å². The molecule has 2 aromatic carbocycles. The van der Waals surface area contributed by atoms with E-state index in [2.05, 4.69) is 31.0 Å². The summed E-state index contributed by atoms with van der Waals surface area (Å²) < 4.78 is 0. The van der Waals surface area contributed by atoms with E-state index in [1.807, 2.05) is 24.3 Å². The van der Waals surface area contributed by atoms with Crippen molar-refractivity contribution in [3.05, 3.63) is 108 Å². The molecule has 0 spiro atoms. The summed E-state index contributed by atoms with van der Waals surface area (Å²) in [5, 5.41) is 26.4. The Morgan fingerprint density at radius 3 is 1.40 bits per heavy atom. The van der Waals surface area contributed by atoms with Crippen molar-refractivity contribution in [3.63, 3.8) is 0 Å². The van der Waals surface area contributed by atoms with Gasteiger partial charge in [-0.15, -0.1) is 0 Å². The molecule has 2 amide bonds. The number of aromatic amines is 2. The minimum absolute atomic E-state index is 0. The van der Waals surface area contributed by atoms with E-state index in [0.29, 0.717) is 0 Å². The van der Waals surface area contributed by atoms with Crippen molar-refractivity contribution in [2.45, 2.75) is 0 Å². The van der Waals surface area contributed by atoms with Gasteiger partial charge in [0.2, 0.25) is 0 Å². The van der Waals surface area contributed by atoms with Gasteiger partial charge in [-0.1, -0.05) is 24.3 Å². The van der Waals surface area contributed by atoms with Gasteiger partial charge >= 0.3 is 0 Å². The molecule has 0 aliphatic rings. The number of phenolic OH excluding ortho intramolecular Hbond substituents is 2. The van der Waals surface area contributed by atoms with Crippen LogP contribution in [0.25, 0.3) is 0 Å². The molecule has 2 aromatic heterocycles. The Kier molecular flexibility index (Phi) is 10.5. The van der Waals surface area contributed by atoms with Crippen LogP contribution >= 0.6 is 0 Å². The van der Waals surface area contributed by atoms with Crippen molar-refractivity contribution in [2.24, 2.45) is 10.2 Å². The smallest absolute Gasteiger partial charge is 0.275 e. The van der Waals surface area contributed by atoms with Crippen molar-refractivity contribution in [3.8, 4) is 11.5 Å². The number of hydrogen-bond acceptors (Lipinski definition) is 6. The predicted molar refractivity (Wildman–Crippen MR) is 128 cm³/mol. The molecule has 35 heavy (non-hydrogen) atoms. The number of benzene rings is 2. The molecule has 11 heteroatoms. The first-order valence-corrected chi connectivity index (χ1v) is 10.0. The quantitative estimate of drug-likeness (QED) is 0.131. The van der Waals surface area contributed by atoms with E-state index in [4.69, 9.17) is 0 Å². The Bertz CT molecular complexity index is 1170. The molecule has 0 aliphatic heterocycles. The van der Waals surface area contributed by atoms with Crippen LogP contribution in [0.4, 0.5) is 0 Å². The van der Waals surface area contributed by atoms with Gasteiger partial charge in [-0.05, 0) is 48.5 Å². The number of amides is 2. The van der Waals surface area contributed by atoms with Crippen molar-refractivity contribution >= 4 is 24.2 Å². The van der Waals surface area contributed by atoms with Crippen LogP contribution in [0.2, 0.25) is 0 Å². The molecular formula is C24H22CuN6O4. The number of nitrogens with one attached hydrogen (secondary N) is 4. The van der Waals surface area contributed by atoms with Gasteiger partial charge in [0.25, 0.3) is 11.8 Å². The Balaban J connectivity index is 0.000000240. The van der Waals surface area contributed by atoms with Crippen molar-refractivity contribution in [1.82, 2.24) is 20.8 Å². The van der Waals surface area contributed by atoms with Gasteiger partial charge in [-0.25, -0.2) is 10.9 Å². The van der Waals surface area contributed by atoms with E-state index >= 15 is 0 Å². The van der Waals surface area contributed by atoms with Crippen LogP contribution in [0.5, 0.6) is 11.5 Å². The zero-order chi connectivity index (χ0) is 24.2. The SMILES string of the molecule is O=C(N/N=C/c1ccc[nH]1)c1ccccc1O.O=C(N/N=C/c1ccc[nH]1)c1ccccc1O.[Cu]. The first-order chi connectivity index (χ1) is 16.5. The summed E-state index contributed by atoms with van der Waals surface area (Å²) in [5.74, 6) is -1.04. The summed E-state index contributed by atoms with van der Waals surface area (Å²) in [4.78, 5) is 29.0. The van der Waals surface area contributed by atoms with Crippen molar-refractivity contribution in [2.75, 3.05) is 0 Å². The number of para-hydroxylation sites is 2. The Morgan fingerprint density at radius 1 is 0.657 bits per heavy atom. The van der Waals surface area contributed by atoms with E-state index in [1.54, 1.807) is 36.7 Å². The number of aromatic hydroxyl groups is 2. The normalized spacial score (nSPS) is 10.3. The Labute approximate surface area is 211 Å². The average molecular weight is 522 g/mol. The van der Waals surface area contributed by atoms with Crippen LogP contribution in [0.15, 0.2) is 95.4 Å². The fourth-order valence-corrected chi connectivity index (χ4v) is 2.62. The minimum Gasteiger partial charge on any atom is -0.507 e. The van der Waals surface area contributed by atoms with Crippen LogP contribution in [-0.4, -0.2) is 44.4 Å². The molecule has 0 unspecified atom stereocenters. The molecular weight excluding hydrogens is 500 g/mol. The summed E-state index contributed by atoms with van der Waals surface area (Å²) in [7, 11) is 0. The van der Waals surface area contributed by atoms with Crippen LogP contribution in [-0.2, 0) is 17.1 Å². The molecule has 0 saturated carbocycles. The van der Waals surface area contributed by atoms with E-state index in [9.17, 15) is 19.8 Å². The fraction of sp³-hybridized carbons (Fsp3) is 0. The van der Waals surface area contributed by atoms with Gasteiger partial charge in [0, 0.05) is 29.5 Å². The van der Waals surface area contributed by atoms with Crippen LogP contribution in [0.1, 0.15) is 32.1 Å². The topological polar surface area (TPSA) is 155 Å². The van der Waals surface area contributed by atoms with Crippen molar-refractivity contribution in [1.29, 1.82) is 0 Å². The summed E-state index contributed by atoms with van der Waals surface area (Å²) in [6.07, 6.45) is 6.48. The third-order valence-corrected chi connectivity index (χ3v) is 4.28. The minimum atomic E-state index is -0.453. The molecule has 0 aliphatic carbocycles. The van der Waals surface area contributed by atoms with E-state index < -0.39 is 11.8 Å². The second kappa shape index (κ2) is 13.8. The van der Waals surface area contributed by atoms with Gasteiger partial charge in [0.05, 0.1) is 34.9 Å². The van der Waals surface area contributed by atoms with Gasteiger partial charge in [-0.2, -0.15) is 10.2 Å². The van der Waals surface area contributed by atoms with E-state index in [-0.39, 0.29) is 39.7 Å². The number of H-pyrrole nitrogens is 2. The third kappa shape index (κ3) is 8.35. The zero-order valence-corrected chi connectivity index (χ0v) is 19.1. The number of hydrazone groups is 2. The largest absolute Gasteiger partial charge is 0.507 e. The molecule has 4 aromatic rings. The molecule has 4 rings (SSSR count). The number of carbonyl (C=O) groups excluding carboxylic acids is 2. The second-order valence-electron chi connectivity index (χ2n) is 6.68. The number of nitrogens with zero attached hydrogens (tertiary/aromatic N) is 2. The van der Waals surface area contributed by atoms with E-state index in [0.717, 1.165) is 11.4 Å². The standard InChI is InChI=1S/2C12H11N3O2.Cu/c2*16-11-6-2-1-5-10(11)12(17)15-14-8-9-4-3-7-13-9;/h2*1-8,13,16H,(H,15,17);/b2*14-8+;. The van der Waals surface area contributed by atoms with Gasteiger partial charge in [0.15, 0.2) is 0 Å². The average Bonchev–Trinajstić information content (AvgIpc) is 3.55. The molecule has 1 radical (unpaired) electrons. The maximum atomic E-state index is 11.6. The van der Waals surface area contributed by atoms with Crippen LogP contribution in [0, 0.1) is 0 Å². The first kappa shape index (κ1) is 26.7. The summed E-state index contributed by atoms with van der Waals surface area (Å²) in [6.45, 7) is 0. The number of carbonyl (C=O) groups is 2. The summed E-state index contributed by atoms with van der Waals surface area (Å²) in [6, 6.07) is 19.9. The third-order valence-electron chi connectivity index (χ3n) is 4.28. The number of hydrogen-bond donors (Lipinski definition) is 6. The number of rotatable bonds is 6. The number of phenols is 2. The molecule has 0 fully saturated rings. The van der Waals surface area contributed by atoms with Gasteiger partial charge in [0.1, 0.15) is 11.5 Å². The molecule has 0 atom stereocenters. The maximum Gasteiger partial charge on any atom is 0.275 e. The summed E-state index contributed by atoms with van der Waals surface area (Å²) in [5.41, 5.74) is 6.60. The Morgan fingerprint density at radius 2 is 1.06 bits per heavy atom. The predicted octanol–water partition coefficient (Wildman–Crippen LogP) is 2.97. The molecule has 10 nitrogen and oxygen atoms in total. The first-order valence-electron chi connectivity index (χ1n) is 10.0. The van der Waals surface area contributed by atoms with Crippen LogP contribution in [0.3, 0.4) is 0 Å². The van der Waals surface area contributed by atoms with E-state index in [1.165, 1.54) is 36.7 Å².